The summed E-state index contributed by atoms with van der Waals surface area (Å²) in [7, 11) is 0. The summed E-state index contributed by atoms with van der Waals surface area (Å²) in [4.78, 5) is 20.7. The Labute approximate surface area is 152 Å². The lowest BCUT2D eigenvalue weighted by Crippen LogP contribution is -2.49. The molecule has 0 bridgehead atoms. The number of anilines is 1. The van der Waals surface area contributed by atoms with Crippen LogP contribution in [0.3, 0.4) is 0 Å². The number of amides is 1. The van der Waals surface area contributed by atoms with Crippen LogP contribution in [0.25, 0.3) is 11.3 Å². The minimum Gasteiger partial charge on any atom is -0.352 e. The fourth-order valence-electron chi connectivity index (χ4n) is 3.06. The van der Waals surface area contributed by atoms with Crippen molar-refractivity contribution in [3.63, 3.8) is 0 Å². The Bertz CT molecular complexity index is 860. The molecule has 1 fully saturated rings. The van der Waals surface area contributed by atoms with E-state index in [1.54, 1.807) is 12.4 Å². The molecule has 6 nitrogen and oxygen atoms in total. The maximum absolute atomic E-state index is 12.5. The van der Waals surface area contributed by atoms with E-state index in [4.69, 9.17) is 0 Å². The largest absolute Gasteiger partial charge is 0.352 e. The van der Waals surface area contributed by atoms with Crippen LogP contribution < -0.4 is 4.90 Å². The number of carbonyl (C=O) groups excluding carboxylic acids is 1. The van der Waals surface area contributed by atoms with Crippen molar-refractivity contribution in [1.82, 2.24) is 20.1 Å². The van der Waals surface area contributed by atoms with Crippen LogP contribution in [-0.4, -0.2) is 52.2 Å². The first-order valence-electron chi connectivity index (χ1n) is 8.65. The Kier molecular flexibility index (Phi) is 4.55. The number of benzene rings is 1. The van der Waals surface area contributed by atoms with Gasteiger partial charge in [-0.25, -0.2) is 0 Å². The smallest absolute Gasteiger partial charge is 0.253 e. The molecule has 1 aliphatic heterocycles. The number of piperazine rings is 1. The molecule has 3 heterocycles. The molecule has 0 unspecified atom stereocenters. The number of pyridine rings is 1. The Hall–Kier alpha value is -3.28. The molecule has 0 N–H and O–H groups in total. The predicted molar refractivity (Wildman–Crippen MR) is 99.8 cm³/mol. The summed E-state index contributed by atoms with van der Waals surface area (Å²) in [5, 5.41) is 8.67. The van der Waals surface area contributed by atoms with E-state index < -0.39 is 0 Å². The number of carbonyl (C=O) groups is 1. The summed E-state index contributed by atoms with van der Waals surface area (Å²) in [6.45, 7) is 2.86. The maximum atomic E-state index is 12.5. The van der Waals surface area contributed by atoms with Gasteiger partial charge in [0, 0.05) is 49.7 Å². The third-order valence-corrected chi connectivity index (χ3v) is 4.52. The lowest BCUT2D eigenvalue weighted by Gasteiger charge is -2.35. The third-order valence-electron chi connectivity index (χ3n) is 4.52. The molecule has 0 aliphatic carbocycles. The standard InChI is InChI=1S/C20H19N5O/c26-20(16-5-2-1-3-6-16)25-13-11-24(12-14-25)19-9-8-18(22-23-19)17-7-4-10-21-15-17/h1-10,15H,11-14H2. The average Bonchev–Trinajstić information content (AvgIpc) is 2.75. The lowest BCUT2D eigenvalue weighted by atomic mass is 10.2. The molecular formula is C20H19N5O. The second kappa shape index (κ2) is 7.31. The fourth-order valence-corrected chi connectivity index (χ4v) is 3.06. The van der Waals surface area contributed by atoms with Crippen molar-refractivity contribution in [3.8, 4) is 11.3 Å². The van der Waals surface area contributed by atoms with E-state index in [9.17, 15) is 4.79 Å². The van der Waals surface area contributed by atoms with E-state index in [-0.39, 0.29) is 5.91 Å². The van der Waals surface area contributed by atoms with Gasteiger partial charge in [-0.2, -0.15) is 0 Å². The van der Waals surface area contributed by atoms with E-state index in [1.807, 2.05) is 59.5 Å². The molecule has 2 aromatic heterocycles. The van der Waals surface area contributed by atoms with Crippen LogP contribution in [0, 0.1) is 0 Å². The molecule has 0 radical (unpaired) electrons. The minimum absolute atomic E-state index is 0.0864. The zero-order valence-electron chi connectivity index (χ0n) is 14.3. The molecule has 1 amide bonds. The number of nitrogens with zero attached hydrogens (tertiary/aromatic N) is 5. The van der Waals surface area contributed by atoms with Gasteiger partial charge in [0.2, 0.25) is 0 Å². The average molecular weight is 345 g/mol. The van der Waals surface area contributed by atoms with Crippen molar-refractivity contribution in [2.75, 3.05) is 31.1 Å². The molecule has 26 heavy (non-hydrogen) atoms. The Morgan fingerprint density at radius 1 is 0.846 bits per heavy atom. The van der Waals surface area contributed by atoms with E-state index in [2.05, 4.69) is 20.1 Å². The third kappa shape index (κ3) is 3.39. The van der Waals surface area contributed by atoms with Crippen molar-refractivity contribution in [3.05, 3.63) is 72.6 Å². The second-order valence-corrected chi connectivity index (χ2v) is 6.16. The predicted octanol–water partition coefficient (Wildman–Crippen LogP) is 2.50. The summed E-state index contributed by atoms with van der Waals surface area (Å²) < 4.78 is 0. The SMILES string of the molecule is O=C(c1ccccc1)N1CCN(c2ccc(-c3cccnc3)nn2)CC1. The van der Waals surface area contributed by atoms with Crippen LogP contribution >= 0.6 is 0 Å². The topological polar surface area (TPSA) is 62.2 Å². The number of rotatable bonds is 3. The van der Waals surface area contributed by atoms with Crippen molar-refractivity contribution in [2.45, 2.75) is 0 Å². The number of hydrogen-bond donors (Lipinski definition) is 0. The minimum atomic E-state index is 0.0864. The van der Waals surface area contributed by atoms with Gasteiger partial charge in [-0.3, -0.25) is 9.78 Å². The summed E-state index contributed by atoms with van der Waals surface area (Å²) in [5.74, 6) is 0.924. The first kappa shape index (κ1) is 16.2. The van der Waals surface area contributed by atoms with Gasteiger partial charge in [-0.1, -0.05) is 18.2 Å². The van der Waals surface area contributed by atoms with Gasteiger partial charge >= 0.3 is 0 Å². The molecule has 3 aromatic rings. The highest BCUT2D eigenvalue weighted by Gasteiger charge is 2.22. The highest BCUT2D eigenvalue weighted by atomic mass is 16.2. The Morgan fingerprint density at radius 2 is 1.65 bits per heavy atom. The normalized spacial score (nSPS) is 14.3. The molecule has 130 valence electrons. The van der Waals surface area contributed by atoms with Gasteiger partial charge in [0.25, 0.3) is 5.91 Å². The van der Waals surface area contributed by atoms with E-state index >= 15 is 0 Å². The van der Waals surface area contributed by atoms with Crippen LogP contribution in [0.15, 0.2) is 67.0 Å². The molecule has 1 aliphatic rings. The summed E-state index contributed by atoms with van der Waals surface area (Å²) in [6.07, 6.45) is 3.51. The highest BCUT2D eigenvalue weighted by Crippen LogP contribution is 2.19. The van der Waals surface area contributed by atoms with Crippen molar-refractivity contribution in [2.24, 2.45) is 0 Å². The van der Waals surface area contributed by atoms with Gasteiger partial charge in [-0.15, -0.1) is 10.2 Å². The Morgan fingerprint density at radius 3 is 2.31 bits per heavy atom. The summed E-state index contributed by atoms with van der Waals surface area (Å²) >= 11 is 0. The van der Waals surface area contributed by atoms with Gasteiger partial charge in [-0.05, 0) is 36.4 Å². The van der Waals surface area contributed by atoms with Crippen LogP contribution in [0.5, 0.6) is 0 Å². The van der Waals surface area contributed by atoms with Gasteiger partial charge in [0.1, 0.15) is 0 Å². The van der Waals surface area contributed by atoms with Crippen molar-refractivity contribution in [1.29, 1.82) is 0 Å². The van der Waals surface area contributed by atoms with E-state index in [0.717, 1.165) is 35.7 Å². The van der Waals surface area contributed by atoms with Crippen molar-refractivity contribution < 1.29 is 4.79 Å². The molecule has 1 saturated heterocycles. The molecule has 4 rings (SSSR count). The number of aromatic nitrogens is 3. The van der Waals surface area contributed by atoms with E-state index in [0.29, 0.717) is 13.1 Å². The monoisotopic (exact) mass is 345 g/mol. The zero-order valence-corrected chi connectivity index (χ0v) is 14.3. The fraction of sp³-hybridized carbons (Fsp3) is 0.200. The van der Waals surface area contributed by atoms with Crippen LogP contribution in [0.2, 0.25) is 0 Å². The first-order valence-corrected chi connectivity index (χ1v) is 8.65. The van der Waals surface area contributed by atoms with Crippen LogP contribution in [-0.2, 0) is 0 Å². The van der Waals surface area contributed by atoms with Gasteiger partial charge < -0.3 is 9.80 Å². The first-order chi connectivity index (χ1) is 12.8. The second-order valence-electron chi connectivity index (χ2n) is 6.16. The van der Waals surface area contributed by atoms with Crippen LogP contribution in [0.4, 0.5) is 5.82 Å². The summed E-state index contributed by atoms with van der Waals surface area (Å²) in [6, 6.07) is 17.2. The van der Waals surface area contributed by atoms with Gasteiger partial charge in [0.05, 0.1) is 5.69 Å². The molecule has 1 aromatic carbocycles. The van der Waals surface area contributed by atoms with E-state index in [1.165, 1.54) is 0 Å². The maximum Gasteiger partial charge on any atom is 0.253 e. The number of hydrogen-bond acceptors (Lipinski definition) is 5. The van der Waals surface area contributed by atoms with Gasteiger partial charge in [0.15, 0.2) is 5.82 Å². The lowest BCUT2D eigenvalue weighted by molar-refractivity contribution is 0.0746. The van der Waals surface area contributed by atoms with Crippen molar-refractivity contribution >= 4 is 11.7 Å². The molecule has 6 heteroatoms. The quantitative estimate of drug-likeness (QED) is 0.730. The summed E-state index contributed by atoms with van der Waals surface area (Å²) in [5.41, 5.74) is 2.49. The Balaban J connectivity index is 1.40. The van der Waals surface area contributed by atoms with Crippen LogP contribution in [0.1, 0.15) is 10.4 Å². The molecule has 0 atom stereocenters. The molecule has 0 saturated carbocycles. The molecular weight excluding hydrogens is 326 g/mol. The highest BCUT2D eigenvalue weighted by molar-refractivity contribution is 5.94. The zero-order chi connectivity index (χ0) is 17.8. The molecule has 0 spiro atoms.